The zero-order chi connectivity index (χ0) is 24.5. The Balaban J connectivity index is 1.78. The van der Waals surface area contributed by atoms with Crippen molar-refractivity contribution in [3.8, 4) is 35.5 Å². The van der Waals surface area contributed by atoms with Crippen molar-refractivity contribution in [2.45, 2.75) is 19.8 Å². The van der Waals surface area contributed by atoms with E-state index in [2.05, 4.69) is 52.7 Å². The zero-order valence-corrected chi connectivity index (χ0v) is 18.7. The topological polar surface area (TPSA) is 12.4 Å². The molecule has 6 heteroatoms. The van der Waals surface area contributed by atoms with Crippen molar-refractivity contribution in [2.75, 3.05) is 0 Å². The number of unbranched alkanes of at least 4 members (excludes halogenated alkanes) is 1. The van der Waals surface area contributed by atoms with Gasteiger partial charge in [-0.1, -0.05) is 42.4 Å². The van der Waals surface area contributed by atoms with E-state index in [1.54, 1.807) is 24.3 Å². The molecule has 0 saturated carbocycles. The summed E-state index contributed by atoms with van der Waals surface area (Å²) < 4.78 is 56.3. The van der Waals surface area contributed by atoms with E-state index in [4.69, 9.17) is 0 Å². The lowest BCUT2D eigenvalue weighted by Crippen LogP contribution is -1.92. The summed E-state index contributed by atoms with van der Waals surface area (Å²) in [7, 11) is 0. The second-order valence-electron chi connectivity index (χ2n) is 6.94. The van der Waals surface area contributed by atoms with Gasteiger partial charge in [0.1, 0.15) is 17.3 Å². The fraction of sp³-hybridized carbons (Fsp3) is 0.107. The molecule has 0 bridgehead atoms. The Labute approximate surface area is 200 Å². The second-order valence-corrected chi connectivity index (χ2v) is 7.12. The number of nitrogens with zero attached hydrogens (tertiary/aromatic N) is 1. The van der Waals surface area contributed by atoms with Crippen LogP contribution in [0.5, 0.6) is 0 Å². The first-order valence-electron chi connectivity index (χ1n) is 10.1. The van der Waals surface area contributed by atoms with Crippen LogP contribution in [0.25, 0.3) is 0 Å². The van der Waals surface area contributed by atoms with E-state index < -0.39 is 29.0 Å². The highest BCUT2D eigenvalue weighted by atomic mass is 32.1. The Bertz CT molecular complexity index is 1420. The molecule has 0 heterocycles. The zero-order valence-electron chi connectivity index (χ0n) is 17.9. The number of hydrogen-bond acceptors (Lipinski definition) is 2. The van der Waals surface area contributed by atoms with Crippen molar-refractivity contribution in [3.63, 3.8) is 0 Å². The van der Waals surface area contributed by atoms with E-state index in [1.165, 1.54) is 0 Å². The largest absolute Gasteiger partial charge is 0.205 e. The van der Waals surface area contributed by atoms with Crippen molar-refractivity contribution < 1.29 is 17.6 Å². The van der Waals surface area contributed by atoms with E-state index in [-0.39, 0.29) is 16.7 Å². The molecule has 0 amide bonds. The first-order chi connectivity index (χ1) is 16.4. The monoisotopic (exact) mass is 473 g/mol. The lowest BCUT2D eigenvalue weighted by molar-refractivity contribution is 0.577. The van der Waals surface area contributed by atoms with Gasteiger partial charge in [-0.15, -0.1) is 0 Å². The molecule has 1 nitrogen and oxygen atoms in total. The Morgan fingerprint density at radius 2 is 1.15 bits per heavy atom. The van der Waals surface area contributed by atoms with Crippen LogP contribution < -0.4 is 0 Å². The third kappa shape index (κ3) is 6.44. The van der Waals surface area contributed by atoms with Crippen LogP contribution in [0, 0.1) is 58.8 Å². The summed E-state index contributed by atoms with van der Waals surface area (Å²) >= 11 is 4.36. The Morgan fingerprint density at radius 3 is 1.68 bits per heavy atom. The third-order valence-electron chi connectivity index (χ3n) is 4.39. The highest BCUT2D eigenvalue weighted by molar-refractivity contribution is 7.78. The Morgan fingerprint density at radius 1 is 0.676 bits per heavy atom. The molecule has 0 aliphatic rings. The van der Waals surface area contributed by atoms with Gasteiger partial charge in [0, 0.05) is 28.7 Å². The molecule has 3 aromatic rings. The van der Waals surface area contributed by atoms with Gasteiger partial charge in [0.05, 0.1) is 10.7 Å². The molecule has 34 heavy (non-hydrogen) atoms. The maximum atomic E-state index is 14.3. The Kier molecular flexibility index (Phi) is 8.39. The molecule has 0 aromatic heterocycles. The van der Waals surface area contributed by atoms with Crippen molar-refractivity contribution in [2.24, 2.45) is 4.99 Å². The maximum Gasteiger partial charge on any atom is 0.153 e. The van der Waals surface area contributed by atoms with Crippen LogP contribution in [0.15, 0.2) is 53.5 Å². The van der Waals surface area contributed by atoms with E-state index in [1.807, 2.05) is 12.1 Å². The predicted molar refractivity (Wildman–Crippen MR) is 128 cm³/mol. The van der Waals surface area contributed by atoms with Crippen LogP contribution in [0.1, 0.15) is 47.6 Å². The summed E-state index contributed by atoms with van der Waals surface area (Å²) in [6.07, 6.45) is 1.51. The van der Waals surface area contributed by atoms with Crippen LogP contribution in [-0.2, 0) is 0 Å². The van der Waals surface area contributed by atoms with Crippen molar-refractivity contribution in [3.05, 3.63) is 99.6 Å². The number of aliphatic imine (C=N–C) groups is 1. The third-order valence-corrected chi connectivity index (χ3v) is 4.48. The number of isothiocyanates is 1. The summed E-state index contributed by atoms with van der Waals surface area (Å²) in [5.74, 6) is 12.9. The summed E-state index contributed by atoms with van der Waals surface area (Å²) in [6, 6.07) is 10.9. The van der Waals surface area contributed by atoms with Crippen LogP contribution in [0.3, 0.4) is 0 Å². The average Bonchev–Trinajstić information content (AvgIpc) is 2.80. The minimum atomic E-state index is -0.896. The molecule has 166 valence electrons. The number of thiocarbonyl (C=S) groups is 1. The van der Waals surface area contributed by atoms with Crippen LogP contribution in [0.4, 0.5) is 23.2 Å². The molecule has 0 N–H and O–H groups in total. The standard InChI is InChI=1S/C28H15F4NS/c1-2-3-4-5-21-14-24(29)23(25(30)15-21)13-12-20-8-6-19(7-9-20)10-11-22-16-26(31)28(33-18-34)27(32)17-22/h6-9,14-17H,2-3H2,1H3. The predicted octanol–water partition coefficient (Wildman–Crippen LogP) is 6.93. The number of benzene rings is 3. The number of hydrogen-bond donors (Lipinski definition) is 0. The van der Waals surface area contributed by atoms with Crippen molar-refractivity contribution in [1.29, 1.82) is 0 Å². The van der Waals surface area contributed by atoms with Gasteiger partial charge >= 0.3 is 0 Å². The van der Waals surface area contributed by atoms with Gasteiger partial charge in [0.25, 0.3) is 0 Å². The van der Waals surface area contributed by atoms with Crippen LogP contribution >= 0.6 is 12.2 Å². The minimum Gasteiger partial charge on any atom is -0.205 e. The summed E-state index contributed by atoms with van der Waals surface area (Å²) in [5, 5.41) is 1.92. The van der Waals surface area contributed by atoms with Gasteiger partial charge in [-0.3, -0.25) is 0 Å². The Hall–Kier alpha value is -4.14. The molecule has 0 aliphatic carbocycles. The molecule has 0 aliphatic heterocycles. The molecule has 0 saturated heterocycles. The molecular formula is C28H15F4NS. The SMILES string of the molecule is CCCC#Cc1cc(F)c(C#Cc2ccc(C#Cc3cc(F)c(N=C=S)c(F)c3)cc2)c(F)c1. The number of halogens is 4. The molecule has 3 aromatic carbocycles. The van der Waals surface area contributed by atoms with Crippen molar-refractivity contribution >= 4 is 23.1 Å². The number of rotatable bonds is 2. The van der Waals surface area contributed by atoms with Gasteiger partial charge in [-0.25, -0.2) is 17.6 Å². The lowest BCUT2D eigenvalue weighted by atomic mass is 10.1. The minimum absolute atomic E-state index is 0.121. The van der Waals surface area contributed by atoms with E-state index in [9.17, 15) is 17.6 Å². The first kappa shape index (κ1) is 24.5. The molecule has 0 fully saturated rings. The van der Waals surface area contributed by atoms with Gasteiger partial charge in [0.2, 0.25) is 0 Å². The van der Waals surface area contributed by atoms with Gasteiger partial charge in [-0.05, 0) is 67.2 Å². The molecule has 0 radical (unpaired) electrons. The molecule has 0 atom stereocenters. The van der Waals surface area contributed by atoms with Crippen LogP contribution in [0.2, 0.25) is 0 Å². The maximum absolute atomic E-state index is 14.3. The normalized spacial score (nSPS) is 9.44. The lowest BCUT2D eigenvalue weighted by Gasteiger charge is -1.99. The molecule has 3 rings (SSSR count). The molecule has 0 spiro atoms. The van der Waals surface area contributed by atoms with E-state index in [0.717, 1.165) is 30.7 Å². The average molecular weight is 473 g/mol. The summed E-state index contributed by atoms with van der Waals surface area (Å²) in [5.41, 5.74) is 0.592. The van der Waals surface area contributed by atoms with Gasteiger partial charge in [-0.2, -0.15) is 4.99 Å². The second kappa shape index (κ2) is 11.6. The highest BCUT2D eigenvalue weighted by Gasteiger charge is 2.10. The first-order valence-corrected chi connectivity index (χ1v) is 10.5. The highest BCUT2D eigenvalue weighted by Crippen LogP contribution is 2.23. The fourth-order valence-electron chi connectivity index (χ4n) is 2.76. The fourth-order valence-corrected chi connectivity index (χ4v) is 2.85. The van der Waals surface area contributed by atoms with Crippen LogP contribution in [-0.4, -0.2) is 5.16 Å². The van der Waals surface area contributed by atoms with Gasteiger partial charge in [0.15, 0.2) is 11.6 Å². The molecular weight excluding hydrogens is 458 g/mol. The smallest absolute Gasteiger partial charge is 0.153 e. The summed E-state index contributed by atoms with van der Waals surface area (Å²) in [6.45, 7) is 1.97. The quantitative estimate of drug-likeness (QED) is 0.170. The van der Waals surface area contributed by atoms with Crippen molar-refractivity contribution in [1.82, 2.24) is 0 Å². The molecule has 0 unspecified atom stereocenters. The summed E-state index contributed by atoms with van der Waals surface area (Å²) in [4.78, 5) is 3.35. The van der Waals surface area contributed by atoms with E-state index >= 15 is 0 Å². The van der Waals surface area contributed by atoms with E-state index in [0.29, 0.717) is 17.5 Å². The van der Waals surface area contributed by atoms with Gasteiger partial charge < -0.3 is 0 Å².